The highest BCUT2D eigenvalue weighted by molar-refractivity contribution is 6.04. The van der Waals surface area contributed by atoms with E-state index in [-0.39, 0.29) is 11.1 Å². The second-order valence-electron chi connectivity index (χ2n) is 7.66. The van der Waals surface area contributed by atoms with E-state index in [1.54, 1.807) is 40.7 Å². The van der Waals surface area contributed by atoms with Crippen LogP contribution in [0.2, 0.25) is 0 Å². The number of hydrogen-bond donors (Lipinski definition) is 0. The monoisotopic (exact) mass is 442 g/mol. The van der Waals surface area contributed by atoms with Crippen LogP contribution >= 0.6 is 0 Å². The average molecular weight is 442 g/mol. The fraction of sp³-hybridized carbons (Fsp3) is 0.208. The van der Waals surface area contributed by atoms with Crippen molar-refractivity contribution in [2.45, 2.75) is 13.8 Å². The van der Waals surface area contributed by atoms with Crippen molar-refractivity contribution in [3.63, 3.8) is 0 Å². The van der Waals surface area contributed by atoms with Gasteiger partial charge in [-0.2, -0.15) is 10.4 Å². The molecule has 1 aliphatic rings. The fourth-order valence-electron chi connectivity index (χ4n) is 3.84. The molecule has 0 saturated heterocycles. The number of esters is 1. The number of carbonyl (C=O) groups is 2. The minimum absolute atomic E-state index is 0.0815. The lowest BCUT2D eigenvalue weighted by Gasteiger charge is -2.19. The number of benzene rings is 1. The van der Waals surface area contributed by atoms with Crippen molar-refractivity contribution in [2.75, 3.05) is 30.5 Å². The van der Waals surface area contributed by atoms with Gasteiger partial charge in [-0.25, -0.2) is 14.5 Å². The van der Waals surface area contributed by atoms with Crippen molar-refractivity contribution in [1.82, 2.24) is 14.8 Å². The van der Waals surface area contributed by atoms with Crippen LogP contribution in [-0.2, 0) is 9.53 Å². The van der Waals surface area contributed by atoms with Crippen LogP contribution in [0.4, 0.5) is 11.4 Å². The van der Waals surface area contributed by atoms with Crippen molar-refractivity contribution in [2.24, 2.45) is 0 Å². The third-order valence-corrected chi connectivity index (χ3v) is 5.40. The van der Waals surface area contributed by atoms with Crippen molar-refractivity contribution in [3.8, 4) is 11.9 Å². The van der Waals surface area contributed by atoms with Gasteiger partial charge >= 0.3 is 5.97 Å². The number of aromatic nitrogens is 3. The number of ketones is 1. The number of anilines is 2. The predicted molar refractivity (Wildman–Crippen MR) is 122 cm³/mol. The molecule has 9 heteroatoms. The van der Waals surface area contributed by atoms with Crippen LogP contribution in [0.3, 0.4) is 0 Å². The Labute approximate surface area is 191 Å². The number of ether oxygens (including phenoxy) is 1. The van der Waals surface area contributed by atoms with Crippen LogP contribution in [0.1, 0.15) is 21.7 Å². The zero-order valence-electron chi connectivity index (χ0n) is 18.7. The Bertz CT molecular complexity index is 1290. The highest BCUT2D eigenvalue weighted by Crippen LogP contribution is 2.40. The summed E-state index contributed by atoms with van der Waals surface area (Å²) >= 11 is 0. The maximum Gasteiger partial charge on any atom is 0.340 e. The van der Waals surface area contributed by atoms with Crippen LogP contribution in [-0.4, -0.2) is 47.2 Å². The molecule has 0 amide bonds. The quantitative estimate of drug-likeness (QED) is 0.337. The second kappa shape index (κ2) is 8.59. The third-order valence-electron chi connectivity index (χ3n) is 5.40. The first kappa shape index (κ1) is 21.8. The Hall–Kier alpha value is -4.45. The molecule has 0 atom stereocenters. The molecular weight excluding hydrogens is 420 g/mol. The molecule has 0 aliphatic carbocycles. The van der Waals surface area contributed by atoms with E-state index in [0.29, 0.717) is 11.6 Å². The van der Waals surface area contributed by atoms with Gasteiger partial charge in [0.15, 0.2) is 12.4 Å². The SMILES string of the molecule is Cc1cc(C)n(-c2ccc(C(=O)OCC(=O)C(C#N)=C3N(C)c4ccccc4N3C)cn2)n1. The van der Waals surface area contributed by atoms with E-state index in [1.807, 2.05) is 50.2 Å². The first-order valence-electron chi connectivity index (χ1n) is 10.2. The molecule has 0 saturated carbocycles. The van der Waals surface area contributed by atoms with E-state index in [2.05, 4.69) is 10.1 Å². The minimum Gasteiger partial charge on any atom is -0.454 e. The lowest BCUT2D eigenvalue weighted by Crippen LogP contribution is -2.27. The molecule has 166 valence electrons. The van der Waals surface area contributed by atoms with E-state index in [0.717, 1.165) is 22.8 Å². The molecule has 0 fully saturated rings. The zero-order valence-corrected chi connectivity index (χ0v) is 18.7. The summed E-state index contributed by atoms with van der Waals surface area (Å²) in [7, 11) is 3.56. The first-order valence-corrected chi connectivity index (χ1v) is 10.2. The number of Topliss-reactive ketones (excluding diaryl/α,β-unsaturated/α-hetero) is 1. The average Bonchev–Trinajstić information content (AvgIpc) is 3.29. The number of nitriles is 1. The molecule has 1 aromatic carbocycles. The molecule has 0 bridgehead atoms. The molecule has 0 unspecified atom stereocenters. The zero-order chi connectivity index (χ0) is 23.7. The number of fused-ring (bicyclic) bond motifs is 1. The maximum absolute atomic E-state index is 12.8. The lowest BCUT2D eigenvalue weighted by molar-refractivity contribution is -0.118. The highest BCUT2D eigenvalue weighted by Gasteiger charge is 2.31. The van der Waals surface area contributed by atoms with E-state index < -0.39 is 18.4 Å². The topological polar surface area (TPSA) is 104 Å². The summed E-state index contributed by atoms with van der Waals surface area (Å²) in [5.74, 6) is -0.277. The Balaban J connectivity index is 1.47. The van der Waals surface area contributed by atoms with Gasteiger partial charge in [0.2, 0.25) is 5.78 Å². The summed E-state index contributed by atoms with van der Waals surface area (Å²) in [6, 6.07) is 14.7. The summed E-state index contributed by atoms with van der Waals surface area (Å²) in [6.45, 7) is 3.24. The normalized spacial score (nSPS) is 12.4. The Morgan fingerprint density at radius 2 is 1.73 bits per heavy atom. The fourth-order valence-corrected chi connectivity index (χ4v) is 3.84. The van der Waals surface area contributed by atoms with Crippen LogP contribution in [0.15, 0.2) is 60.1 Å². The number of carbonyl (C=O) groups excluding carboxylic acids is 2. The molecule has 4 rings (SSSR count). The largest absolute Gasteiger partial charge is 0.454 e. The van der Waals surface area contributed by atoms with Crippen LogP contribution in [0.5, 0.6) is 0 Å². The molecule has 3 aromatic rings. The second-order valence-corrected chi connectivity index (χ2v) is 7.66. The number of nitrogens with zero attached hydrogens (tertiary/aromatic N) is 6. The molecule has 0 N–H and O–H groups in total. The summed E-state index contributed by atoms with van der Waals surface area (Å²) in [6.07, 6.45) is 1.37. The van der Waals surface area contributed by atoms with Crippen molar-refractivity contribution in [1.29, 1.82) is 5.26 Å². The third kappa shape index (κ3) is 3.94. The summed E-state index contributed by atoms with van der Waals surface area (Å²) in [5, 5.41) is 14.0. The molecule has 33 heavy (non-hydrogen) atoms. The van der Waals surface area contributed by atoms with Crippen molar-refractivity contribution >= 4 is 23.1 Å². The molecule has 2 aromatic heterocycles. The van der Waals surface area contributed by atoms with Gasteiger partial charge in [-0.05, 0) is 44.2 Å². The van der Waals surface area contributed by atoms with Gasteiger partial charge in [0.1, 0.15) is 17.5 Å². The standard InChI is InChI=1S/C24H22N6O3/c1-15-11-16(2)30(27-15)22-10-9-17(13-26-22)24(32)33-14-21(31)18(12-25)23-28(3)19-7-5-6-8-20(19)29(23)4/h5-11,13H,14H2,1-4H3. The maximum atomic E-state index is 12.8. The van der Waals surface area contributed by atoms with Gasteiger partial charge in [-0.15, -0.1) is 0 Å². The van der Waals surface area contributed by atoms with Gasteiger partial charge in [0.05, 0.1) is 22.6 Å². The summed E-state index contributed by atoms with van der Waals surface area (Å²) in [4.78, 5) is 33.0. The lowest BCUT2D eigenvalue weighted by atomic mass is 10.2. The predicted octanol–water partition coefficient (Wildman–Crippen LogP) is 2.93. The van der Waals surface area contributed by atoms with E-state index in [1.165, 1.54) is 6.20 Å². The number of hydrogen-bond acceptors (Lipinski definition) is 8. The molecule has 0 spiro atoms. The van der Waals surface area contributed by atoms with Crippen LogP contribution in [0.25, 0.3) is 5.82 Å². The number of pyridine rings is 1. The molecule has 9 nitrogen and oxygen atoms in total. The van der Waals surface area contributed by atoms with E-state index in [9.17, 15) is 14.9 Å². The summed E-state index contributed by atoms with van der Waals surface area (Å²) in [5.41, 5.74) is 3.65. The Morgan fingerprint density at radius 3 is 2.24 bits per heavy atom. The van der Waals surface area contributed by atoms with Gasteiger partial charge in [-0.3, -0.25) is 4.79 Å². The molecule has 3 heterocycles. The van der Waals surface area contributed by atoms with Crippen molar-refractivity contribution in [3.05, 3.63) is 77.0 Å². The molecule has 0 radical (unpaired) electrons. The minimum atomic E-state index is -0.700. The number of rotatable bonds is 5. The van der Waals surface area contributed by atoms with Gasteiger partial charge in [-0.1, -0.05) is 12.1 Å². The molecular formula is C24H22N6O3. The summed E-state index contributed by atoms with van der Waals surface area (Å²) < 4.78 is 6.85. The first-order chi connectivity index (χ1) is 15.8. The Kier molecular flexibility index (Phi) is 5.67. The van der Waals surface area contributed by atoms with Crippen LogP contribution < -0.4 is 9.80 Å². The van der Waals surface area contributed by atoms with Gasteiger partial charge in [0.25, 0.3) is 0 Å². The molecule has 1 aliphatic heterocycles. The van der Waals surface area contributed by atoms with Crippen molar-refractivity contribution < 1.29 is 14.3 Å². The number of aryl methyl sites for hydroxylation is 2. The smallest absolute Gasteiger partial charge is 0.340 e. The Morgan fingerprint density at radius 1 is 1.06 bits per heavy atom. The van der Waals surface area contributed by atoms with Crippen LogP contribution in [0, 0.1) is 25.2 Å². The van der Waals surface area contributed by atoms with Gasteiger partial charge in [0, 0.05) is 26.0 Å². The highest BCUT2D eigenvalue weighted by atomic mass is 16.5. The van der Waals surface area contributed by atoms with E-state index >= 15 is 0 Å². The number of para-hydroxylation sites is 2. The van der Waals surface area contributed by atoms with E-state index in [4.69, 9.17) is 4.74 Å². The van der Waals surface area contributed by atoms with Gasteiger partial charge < -0.3 is 14.5 Å².